The third-order valence-corrected chi connectivity index (χ3v) is 4.40. The standard InChI is InChI=1S/C18H30N2O2/c1-16-7-4-5-8-18(16)22-13-6-9-19-10-11-20(12-14-21-3)17(2)15-19/h4-5,7-8,17H,6,9-15H2,1-3H3. The molecule has 1 aromatic rings. The van der Waals surface area contributed by atoms with Gasteiger partial charge in [0.2, 0.25) is 0 Å². The zero-order valence-corrected chi connectivity index (χ0v) is 14.3. The van der Waals surface area contributed by atoms with Gasteiger partial charge in [0.1, 0.15) is 5.75 Å². The molecule has 4 heteroatoms. The molecular weight excluding hydrogens is 276 g/mol. The highest BCUT2D eigenvalue weighted by molar-refractivity contribution is 5.31. The fourth-order valence-corrected chi connectivity index (χ4v) is 3.00. The zero-order chi connectivity index (χ0) is 15.8. The maximum Gasteiger partial charge on any atom is 0.122 e. The highest BCUT2D eigenvalue weighted by atomic mass is 16.5. The number of ether oxygens (including phenoxy) is 2. The number of nitrogens with zero attached hydrogens (tertiary/aromatic N) is 2. The normalized spacial score (nSPS) is 20.2. The molecule has 0 saturated carbocycles. The van der Waals surface area contributed by atoms with Gasteiger partial charge < -0.3 is 14.4 Å². The van der Waals surface area contributed by atoms with Gasteiger partial charge >= 0.3 is 0 Å². The van der Waals surface area contributed by atoms with Crippen LogP contribution < -0.4 is 4.74 Å². The highest BCUT2D eigenvalue weighted by Gasteiger charge is 2.22. The number of rotatable bonds is 8. The maximum atomic E-state index is 5.88. The van der Waals surface area contributed by atoms with Gasteiger partial charge in [-0.2, -0.15) is 0 Å². The van der Waals surface area contributed by atoms with Crippen molar-refractivity contribution in [2.75, 3.05) is 53.0 Å². The molecule has 1 saturated heterocycles. The van der Waals surface area contributed by atoms with Crippen LogP contribution in [0, 0.1) is 6.92 Å². The Kier molecular flexibility index (Phi) is 7.16. The summed E-state index contributed by atoms with van der Waals surface area (Å²) in [5.41, 5.74) is 1.21. The largest absolute Gasteiger partial charge is 0.493 e. The van der Waals surface area contributed by atoms with E-state index in [2.05, 4.69) is 29.7 Å². The molecule has 124 valence electrons. The number of piperazine rings is 1. The lowest BCUT2D eigenvalue weighted by Crippen LogP contribution is -2.52. The van der Waals surface area contributed by atoms with Crippen LogP contribution in [-0.4, -0.2) is 68.9 Å². The van der Waals surface area contributed by atoms with Crippen molar-refractivity contribution in [2.45, 2.75) is 26.3 Å². The second-order valence-electron chi connectivity index (χ2n) is 6.15. The summed E-state index contributed by atoms with van der Waals surface area (Å²) in [7, 11) is 1.77. The first-order valence-corrected chi connectivity index (χ1v) is 8.34. The van der Waals surface area contributed by atoms with Crippen molar-refractivity contribution in [3.8, 4) is 5.75 Å². The van der Waals surface area contributed by atoms with Crippen LogP contribution in [0.1, 0.15) is 18.9 Å². The minimum absolute atomic E-state index is 0.612. The average Bonchev–Trinajstić information content (AvgIpc) is 2.52. The second kappa shape index (κ2) is 9.13. The van der Waals surface area contributed by atoms with Crippen molar-refractivity contribution >= 4 is 0 Å². The van der Waals surface area contributed by atoms with Gasteiger partial charge in [-0.15, -0.1) is 0 Å². The molecule has 1 heterocycles. The molecule has 0 radical (unpaired) electrons. The summed E-state index contributed by atoms with van der Waals surface area (Å²) in [5.74, 6) is 1.01. The quantitative estimate of drug-likeness (QED) is 0.689. The van der Waals surface area contributed by atoms with Crippen LogP contribution in [0.5, 0.6) is 5.75 Å². The third-order valence-electron chi connectivity index (χ3n) is 4.40. The monoisotopic (exact) mass is 306 g/mol. The molecule has 0 N–H and O–H groups in total. The van der Waals surface area contributed by atoms with E-state index in [1.807, 2.05) is 18.2 Å². The molecule has 0 aliphatic carbocycles. The van der Waals surface area contributed by atoms with E-state index in [1.165, 1.54) is 5.56 Å². The van der Waals surface area contributed by atoms with E-state index in [-0.39, 0.29) is 0 Å². The molecule has 0 amide bonds. The lowest BCUT2D eigenvalue weighted by molar-refractivity contribution is 0.0569. The molecule has 1 aliphatic rings. The van der Waals surface area contributed by atoms with Gasteiger partial charge in [0.25, 0.3) is 0 Å². The van der Waals surface area contributed by atoms with Gasteiger partial charge in [-0.05, 0) is 31.9 Å². The van der Waals surface area contributed by atoms with Crippen LogP contribution >= 0.6 is 0 Å². The number of aryl methyl sites for hydroxylation is 1. The van der Waals surface area contributed by atoms with Crippen LogP contribution in [0.25, 0.3) is 0 Å². The van der Waals surface area contributed by atoms with Crippen molar-refractivity contribution in [3.05, 3.63) is 29.8 Å². The summed E-state index contributed by atoms with van der Waals surface area (Å²) in [6.07, 6.45) is 1.08. The molecule has 22 heavy (non-hydrogen) atoms. The summed E-state index contributed by atoms with van der Waals surface area (Å²) in [6, 6.07) is 8.83. The topological polar surface area (TPSA) is 24.9 Å². The van der Waals surface area contributed by atoms with Crippen molar-refractivity contribution < 1.29 is 9.47 Å². The maximum absolute atomic E-state index is 5.88. The van der Waals surface area contributed by atoms with Crippen LogP contribution in [0.3, 0.4) is 0 Å². The predicted molar refractivity (Wildman–Crippen MR) is 90.6 cm³/mol. The Hall–Kier alpha value is -1.10. The SMILES string of the molecule is COCCN1CCN(CCCOc2ccccc2C)CC1C. The number of hydrogen-bond acceptors (Lipinski definition) is 4. The van der Waals surface area contributed by atoms with Crippen LogP contribution in [0.4, 0.5) is 0 Å². The van der Waals surface area contributed by atoms with E-state index in [9.17, 15) is 0 Å². The number of methoxy groups -OCH3 is 1. The van der Waals surface area contributed by atoms with Gasteiger partial charge in [0, 0.05) is 45.9 Å². The first kappa shape index (κ1) is 17.3. The molecule has 0 bridgehead atoms. The van der Waals surface area contributed by atoms with E-state index in [0.29, 0.717) is 6.04 Å². The van der Waals surface area contributed by atoms with E-state index in [4.69, 9.17) is 9.47 Å². The Morgan fingerprint density at radius 2 is 1.95 bits per heavy atom. The van der Waals surface area contributed by atoms with Crippen LogP contribution in [0.2, 0.25) is 0 Å². The van der Waals surface area contributed by atoms with Gasteiger partial charge in [0.15, 0.2) is 0 Å². The second-order valence-corrected chi connectivity index (χ2v) is 6.15. The van der Waals surface area contributed by atoms with Gasteiger partial charge in [-0.1, -0.05) is 18.2 Å². The highest BCUT2D eigenvalue weighted by Crippen LogP contribution is 2.16. The van der Waals surface area contributed by atoms with E-state index < -0.39 is 0 Å². The summed E-state index contributed by atoms with van der Waals surface area (Å²) >= 11 is 0. The summed E-state index contributed by atoms with van der Waals surface area (Å²) < 4.78 is 11.1. The van der Waals surface area contributed by atoms with Crippen molar-refractivity contribution in [2.24, 2.45) is 0 Å². The minimum Gasteiger partial charge on any atom is -0.493 e. The molecule has 1 aliphatic heterocycles. The fraction of sp³-hybridized carbons (Fsp3) is 0.667. The summed E-state index contributed by atoms with van der Waals surface area (Å²) in [5, 5.41) is 0. The minimum atomic E-state index is 0.612. The van der Waals surface area contributed by atoms with Gasteiger partial charge in [-0.25, -0.2) is 0 Å². The molecule has 0 aromatic heterocycles. The summed E-state index contributed by atoms with van der Waals surface area (Å²) in [6.45, 7) is 11.6. The number of hydrogen-bond donors (Lipinski definition) is 0. The first-order valence-electron chi connectivity index (χ1n) is 8.34. The van der Waals surface area contributed by atoms with Crippen molar-refractivity contribution in [1.82, 2.24) is 9.80 Å². The summed E-state index contributed by atoms with van der Waals surface area (Å²) in [4.78, 5) is 5.07. The molecule has 0 spiro atoms. The lowest BCUT2D eigenvalue weighted by atomic mass is 10.2. The molecule has 1 atom stereocenters. The van der Waals surface area contributed by atoms with E-state index in [0.717, 1.165) is 58.1 Å². The molecule has 1 aromatic carbocycles. The van der Waals surface area contributed by atoms with Crippen molar-refractivity contribution in [1.29, 1.82) is 0 Å². The van der Waals surface area contributed by atoms with Gasteiger partial charge in [0.05, 0.1) is 13.2 Å². The molecular formula is C18H30N2O2. The third kappa shape index (κ3) is 5.27. The van der Waals surface area contributed by atoms with E-state index in [1.54, 1.807) is 7.11 Å². The molecule has 4 nitrogen and oxygen atoms in total. The predicted octanol–water partition coefficient (Wildman–Crippen LogP) is 2.42. The van der Waals surface area contributed by atoms with Crippen LogP contribution in [0.15, 0.2) is 24.3 Å². The Bertz CT molecular complexity index is 439. The molecule has 1 unspecified atom stereocenters. The van der Waals surface area contributed by atoms with Crippen molar-refractivity contribution in [3.63, 3.8) is 0 Å². The first-order chi connectivity index (χ1) is 10.7. The zero-order valence-electron chi connectivity index (χ0n) is 14.3. The molecule has 1 fully saturated rings. The number of benzene rings is 1. The van der Waals surface area contributed by atoms with E-state index >= 15 is 0 Å². The van der Waals surface area contributed by atoms with Crippen LogP contribution in [-0.2, 0) is 4.74 Å². The Balaban J connectivity index is 1.63. The average molecular weight is 306 g/mol. The Morgan fingerprint density at radius 1 is 1.14 bits per heavy atom. The van der Waals surface area contributed by atoms with Gasteiger partial charge in [-0.3, -0.25) is 4.90 Å². The number of para-hydroxylation sites is 1. The fourth-order valence-electron chi connectivity index (χ4n) is 3.00. The lowest BCUT2D eigenvalue weighted by Gasteiger charge is -2.39. The Labute approximate surface area is 135 Å². The smallest absolute Gasteiger partial charge is 0.122 e. The molecule has 2 rings (SSSR count). The Morgan fingerprint density at radius 3 is 2.68 bits per heavy atom.